The van der Waals surface area contributed by atoms with Crippen LogP contribution in [0.4, 0.5) is 0 Å². The average molecular weight is 360 g/mol. The van der Waals surface area contributed by atoms with Crippen LogP contribution in [0, 0.1) is 12.7 Å². The maximum Gasteiger partial charge on any atom is 0.246 e. The predicted octanol–water partition coefficient (Wildman–Crippen LogP) is 1.97. The zero-order valence-electron chi connectivity index (χ0n) is 15.2. The van der Waals surface area contributed by atoms with E-state index in [2.05, 4.69) is 12.7 Å². The molecule has 6 heteroatoms. The van der Waals surface area contributed by atoms with Crippen molar-refractivity contribution in [2.45, 2.75) is 6.67 Å². The topological polar surface area (TPSA) is 36.1 Å². The summed E-state index contributed by atoms with van der Waals surface area (Å²) < 4.78 is 18.4. The number of benzene rings is 2. The molecule has 0 amide bonds. The predicted molar refractivity (Wildman–Crippen MR) is 98.1 cm³/mol. The van der Waals surface area contributed by atoms with Gasteiger partial charge in [0, 0.05) is 24.8 Å². The van der Waals surface area contributed by atoms with Gasteiger partial charge in [0.25, 0.3) is 0 Å². The van der Waals surface area contributed by atoms with Gasteiger partial charge in [-0.3, -0.25) is 9.13 Å². The van der Waals surface area contributed by atoms with E-state index in [1.165, 1.54) is 0 Å². The van der Waals surface area contributed by atoms with E-state index in [0.717, 1.165) is 22.9 Å². The minimum absolute atomic E-state index is 0.605. The standard InChI is InChI=1S/C21H20N4O2/c1-26-20-7-3-5-18(13-20)24-11-9-22(16-24)15-23-10-12-25(17-23)19-6-4-8-21(14-19)27-2/h3-14H,15H2,1-2H3. The van der Waals surface area contributed by atoms with E-state index in [1.54, 1.807) is 14.2 Å². The molecule has 136 valence electrons. The highest BCUT2D eigenvalue weighted by atomic mass is 16.5. The van der Waals surface area contributed by atoms with E-state index in [4.69, 9.17) is 9.47 Å². The van der Waals surface area contributed by atoms with Crippen LogP contribution in [-0.4, -0.2) is 23.4 Å². The molecular weight excluding hydrogens is 340 g/mol. The van der Waals surface area contributed by atoms with Gasteiger partial charge >= 0.3 is 0 Å². The maximum atomic E-state index is 5.29. The Bertz CT molecular complexity index is 968. The molecule has 0 atom stereocenters. The van der Waals surface area contributed by atoms with Gasteiger partial charge in [-0.25, -0.2) is 0 Å². The Hall–Kier alpha value is -3.54. The quantitative estimate of drug-likeness (QED) is 0.389. The molecule has 0 fully saturated rings. The number of nitrogens with zero attached hydrogens (tertiary/aromatic N) is 4. The fraction of sp³-hybridized carbons (Fsp3) is 0.143. The summed E-state index contributed by atoms with van der Waals surface area (Å²) in [6.45, 7) is 0.605. The number of hydrogen-bond acceptors (Lipinski definition) is 2. The molecule has 0 saturated heterocycles. The van der Waals surface area contributed by atoms with E-state index in [1.807, 2.05) is 91.6 Å². The van der Waals surface area contributed by atoms with Gasteiger partial charge in [0.2, 0.25) is 12.7 Å². The molecule has 4 rings (SSSR count). The zero-order valence-corrected chi connectivity index (χ0v) is 15.2. The van der Waals surface area contributed by atoms with Crippen LogP contribution in [0.1, 0.15) is 0 Å². The van der Waals surface area contributed by atoms with Gasteiger partial charge < -0.3 is 18.6 Å². The SMILES string of the molecule is COc1cccc(-[n+]2[c-]n(Cn3[c-][n+](-c4cccc(OC)c4)cc3)cc2)c1. The molecule has 0 aliphatic heterocycles. The summed E-state index contributed by atoms with van der Waals surface area (Å²) in [5.74, 6) is 1.64. The summed E-state index contributed by atoms with van der Waals surface area (Å²) in [6.07, 6.45) is 14.5. The van der Waals surface area contributed by atoms with Gasteiger partial charge in [-0.05, 0) is 24.3 Å². The number of imidazole rings is 2. The molecule has 0 unspecified atom stereocenters. The summed E-state index contributed by atoms with van der Waals surface area (Å²) in [5.41, 5.74) is 1.99. The monoisotopic (exact) mass is 360 g/mol. The van der Waals surface area contributed by atoms with Crippen LogP contribution < -0.4 is 18.6 Å². The number of aromatic nitrogens is 4. The summed E-state index contributed by atoms with van der Waals surface area (Å²) >= 11 is 0. The number of methoxy groups -OCH3 is 2. The lowest BCUT2D eigenvalue weighted by molar-refractivity contribution is -0.600. The molecule has 27 heavy (non-hydrogen) atoms. The van der Waals surface area contributed by atoms with E-state index in [-0.39, 0.29) is 0 Å². The third kappa shape index (κ3) is 3.69. The molecule has 0 aliphatic rings. The normalized spacial score (nSPS) is 10.7. The number of rotatable bonds is 6. The first-order valence-electron chi connectivity index (χ1n) is 8.54. The Morgan fingerprint density at radius 1 is 0.778 bits per heavy atom. The Morgan fingerprint density at radius 2 is 1.26 bits per heavy atom. The molecule has 0 aliphatic carbocycles. The first-order chi connectivity index (χ1) is 13.2. The highest BCUT2D eigenvalue weighted by Crippen LogP contribution is 2.13. The summed E-state index contributed by atoms with van der Waals surface area (Å²) in [5, 5.41) is 0. The fourth-order valence-corrected chi connectivity index (χ4v) is 2.83. The van der Waals surface area contributed by atoms with Crippen LogP contribution in [0.15, 0.2) is 73.3 Å². The van der Waals surface area contributed by atoms with Gasteiger partial charge in [0.1, 0.15) is 11.5 Å². The van der Waals surface area contributed by atoms with E-state index in [9.17, 15) is 0 Å². The number of hydrogen-bond donors (Lipinski definition) is 0. The molecule has 0 saturated carbocycles. The maximum absolute atomic E-state index is 5.29. The largest absolute Gasteiger partial charge is 0.497 e. The van der Waals surface area contributed by atoms with Crippen molar-refractivity contribution < 1.29 is 18.6 Å². The second-order valence-corrected chi connectivity index (χ2v) is 6.02. The molecule has 0 radical (unpaired) electrons. The van der Waals surface area contributed by atoms with Crippen molar-refractivity contribution in [3.63, 3.8) is 0 Å². The fourth-order valence-electron chi connectivity index (χ4n) is 2.83. The van der Waals surface area contributed by atoms with Crippen molar-refractivity contribution in [3.8, 4) is 22.9 Å². The summed E-state index contributed by atoms with van der Waals surface area (Å²) in [4.78, 5) is 0. The summed E-state index contributed by atoms with van der Waals surface area (Å²) in [7, 11) is 3.33. The minimum atomic E-state index is 0.605. The van der Waals surface area contributed by atoms with Crippen molar-refractivity contribution in [1.82, 2.24) is 9.13 Å². The lowest BCUT2D eigenvalue weighted by Crippen LogP contribution is -2.29. The summed E-state index contributed by atoms with van der Waals surface area (Å²) in [6, 6.07) is 15.7. The minimum Gasteiger partial charge on any atom is -0.497 e. The molecule has 4 aromatic rings. The molecule has 0 N–H and O–H groups in total. The van der Waals surface area contributed by atoms with Crippen LogP contribution in [0.3, 0.4) is 0 Å². The van der Waals surface area contributed by atoms with Gasteiger partial charge in [-0.1, -0.05) is 24.3 Å². The molecule has 2 aromatic carbocycles. The second-order valence-electron chi connectivity index (χ2n) is 6.02. The van der Waals surface area contributed by atoms with Crippen LogP contribution in [0.25, 0.3) is 11.4 Å². The second kappa shape index (κ2) is 7.37. The molecule has 0 bridgehead atoms. The molecule has 2 heterocycles. The molecule has 2 aromatic heterocycles. The van der Waals surface area contributed by atoms with Crippen LogP contribution in [-0.2, 0) is 6.67 Å². The van der Waals surface area contributed by atoms with Crippen LogP contribution >= 0.6 is 0 Å². The van der Waals surface area contributed by atoms with Crippen LogP contribution in [0.2, 0.25) is 0 Å². The molecule has 0 spiro atoms. The Kier molecular flexibility index (Phi) is 4.61. The third-order valence-electron chi connectivity index (χ3n) is 4.23. The third-order valence-corrected chi connectivity index (χ3v) is 4.23. The lowest BCUT2D eigenvalue weighted by Gasteiger charge is -2.05. The Morgan fingerprint density at radius 3 is 1.70 bits per heavy atom. The van der Waals surface area contributed by atoms with Crippen LogP contribution in [0.5, 0.6) is 11.5 Å². The first-order valence-corrected chi connectivity index (χ1v) is 8.54. The van der Waals surface area contributed by atoms with Gasteiger partial charge in [0.15, 0.2) is 6.67 Å². The van der Waals surface area contributed by atoms with Gasteiger partial charge in [0.05, 0.1) is 25.6 Å². The van der Waals surface area contributed by atoms with Crippen molar-refractivity contribution in [1.29, 1.82) is 0 Å². The smallest absolute Gasteiger partial charge is 0.246 e. The average Bonchev–Trinajstić information content (AvgIpc) is 3.38. The van der Waals surface area contributed by atoms with Crippen molar-refractivity contribution in [3.05, 3.63) is 86.0 Å². The first kappa shape index (κ1) is 16.9. The van der Waals surface area contributed by atoms with E-state index < -0.39 is 0 Å². The van der Waals surface area contributed by atoms with Crippen molar-refractivity contribution >= 4 is 0 Å². The zero-order chi connectivity index (χ0) is 18.6. The van der Waals surface area contributed by atoms with Crippen molar-refractivity contribution in [2.75, 3.05) is 14.2 Å². The van der Waals surface area contributed by atoms with E-state index in [0.29, 0.717) is 6.67 Å². The molecular formula is C21H20N4O2. The van der Waals surface area contributed by atoms with Gasteiger partial charge in [-0.15, -0.1) is 0 Å². The highest BCUT2D eigenvalue weighted by molar-refractivity contribution is 5.33. The lowest BCUT2D eigenvalue weighted by atomic mass is 10.3. The Labute approximate surface area is 158 Å². The Balaban J connectivity index is 1.52. The molecule has 6 nitrogen and oxygen atoms in total. The van der Waals surface area contributed by atoms with Gasteiger partial charge in [-0.2, -0.15) is 0 Å². The number of ether oxygens (including phenoxy) is 2. The van der Waals surface area contributed by atoms with E-state index >= 15 is 0 Å². The highest BCUT2D eigenvalue weighted by Gasteiger charge is 2.05. The van der Waals surface area contributed by atoms with Crippen molar-refractivity contribution in [2.24, 2.45) is 0 Å².